The van der Waals surface area contributed by atoms with E-state index >= 15 is 0 Å². The van der Waals surface area contributed by atoms with Crippen molar-refractivity contribution in [3.8, 4) is 0 Å². The lowest BCUT2D eigenvalue weighted by molar-refractivity contribution is -0.138. The minimum absolute atomic E-state index is 0.170. The van der Waals surface area contributed by atoms with E-state index in [1.165, 1.54) is 6.07 Å². The summed E-state index contributed by atoms with van der Waals surface area (Å²) in [4.78, 5) is 0. The lowest BCUT2D eigenvalue weighted by Gasteiger charge is -2.26. The molecular formula is C14H20F3N. The van der Waals surface area contributed by atoms with Crippen molar-refractivity contribution >= 4 is 0 Å². The molecule has 1 aromatic carbocycles. The van der Waals surface area contributed by atoms with Crippen molar-refractivity contribution in [1.29, 1.82) is 0 Å². The molecule has 0 aliphatic rings. The Morgan fingerprint density at radius 3 is 2.33 bits per heavy atom. The second-order valence-corrected chi connectivity index (χ2v) is 4.62. The Balaban J connectivity index is 3.13. The number of benzene rings is 1. The summed E-state index contributed by atoms with van der Waals surface area (Å²) in [7, 11) is 1.71. The van der Waals surface area contributed by atoms with Gasteiger partial charge in [-0.2, -0.15) is 13.2 Å². The van der Waals surface area contributed by atoms with Crippen molar-refractivity contribution in [2.45, 2.75) is 38.9 Å². The minimum Gasteiger partial charge on any atom is -0.313 e. The number of halogens is 3. The van der Waals surface area contributed by atoms with E-state index in [2.05, 4.69) is 5.32 Å². The van der Waals surface area contributed by atoms with Crippen LogP contribution in [-0.4, -0.2) is 7.05 Å². The number of nitrogens with one attached hydrogen (secondary N) is 1. The maximum atomic E-state index is 13.0. The zero-order chi connectivity index (χ0) is 13.8. The van der Waals surface area contributed by atoms with Gasteiger partial charge in [0.15, 0.2) is 0 Å². The average molecular weight is 259 g/mol. The van der Waals surface area contributed by atoms with Gasteiger partial charge in [0.25, 0.3) is 0 Å². The quantitative estimate of drug-likeness (QED) is 0.826. The van der Waals surface area contributed by atoms with Crippen molar-refractivity contribution in [1.82, 2.24) is 5.32 Å². The highest BCUT2D eigenvalue weighted by molar-refractivity contribution is 5.32. The fourth-order valence-electron chi connectivity index (χ4n) is 2.39. The van der Waals surface area contributed by atoms with Crippen LogP contribution in [0.15, 0.2) is 24.3 Å². The summed E-state index contributed by atoms with van der Waals surface area (Å²) in [5, 5.41) is 3.02. The Kier molecular flexibility index (Phi) is 5.20. The molecule has 0 bridgehead atoms. The first kappa shape index (κ1) is 15.0. The Hall–Kier alpha value is -1.03. The number of hydrogen-bond donors (Lipinski definition) is 1. The predicted molar refractivity (Wildman–Crippen MR) is 67.3 cm³/mol. The molecule has 0 radical (unpaired) electrons. The molecule has 0 aromatic heterocycles. The first-order valence-corrected chi connectivity index (χ1v) is 6.25. The molecule has 18 heavy (non-hydrogen) atoms. The van der Waals surface area contributed by atoms with Gasteiger partial charge >= 0.3 is 6.18 Å². The molecule has 1 nitrogen and oxygen atoms in total. The van der Waals surface area contributed by atoms with E-state index in [1.54, 1.807) is 19.2 Å². The molecule has 0 aliphatic heterocycles. The van der Waals surface area contributed by atoms with Crippen LogP contribution in [0.3, 0.4) is 0 Å². The third kappa shape index (κ3) is 3.48. The summed E-state index contributed by atoms with van der Waals surface area (Å²) in [6.45, 7) is 4.02. The van der Waals surface area contributed by atoms with E-state index in [0.29, 0.717) is 5.56 Å². The van der Waals surface area contributed by atoms with E-state index in [-0.39, 0.29) is 12.0 Å². The second-order valence-electron chi connectivity index (χ2n) is 4.62. The van der Waals surface area contributed by atoms with Gasteiger partial charge in [0.05, 0.1) is 5.56 Å². The van der Waals surface area contributed by atoms with Crippen LogP contribution in [0.2, 0.25) is 0 Å². The third-order valence-corrected chi connectivity index (χ3v) is 3.23. The molecule has 2 atom stereocenters. The fraction of sp³-hybridized carbons (Fsp3) is 0.571. The van der Waals surface area contributed by atoms with Crippen molar-refractivity contribution < 1.29 is 13.2 Å². The zero-order valence-electron chi connectivity index (χ0n) is 11.0. The lowest BCUT2D eigenvalue weighted by atomic mass is 9.88. The van der Waals surface area contributed by atoms with Crippen LogP contribution in [0.5, 0.6) is 0 Å². The van der Waals surface area contributed by atoms with E-state index in [9.17, 15) is 13.2 Å². The van der Waals surface area contributed by atoms with Crippen LogP contribution in [0, 0.1) is 5.92 Å². The maximum absolute atomic E-state index is 13.0. The van der Waals surface area contributed by atoms with Gasteiger partial charge in [-0.05, 0) is 31.0 Å². The molecular weight excluding hydrogens is 239 g/mol. The van der Waals surface area contributed by atoms with Gasteiger partial charge in [-0.15, -0.1) is 0 Å². The Bertz CT molecular complexity index is 374. The number of hydrogen-bond acceptors (Lipinski definition) is 1. The van der Waals surface area contributed by atoms with Crippen LogP contribution < -0.4 is 5.32 Å². The molecule has 102 valence electrons. The molecule has 0 heterocycles. The van der Waals surface area contributed by atoms with Crippen LogP contribution in [0.1, 0.15) is 43.9 Å². The van der Waals surface area contributed by atoms with Gasteiger partial charge in [-0.1, -0.05) is 38.5 Å². The van der Waals surface area contributed by atoms with Crippen LogP contribution >= 0.6 is 0 Å². The molecule has 0 aliphatic carbocycles. The summed E-state index contributed by atoms with van der Waals surface area (Å²) in [6.07, 6.45) is -2.43. The third-order valence-electron chi connectivity index (χ3n) is 3.23. The first-order valence-electron chi connectivity index (χ1n) is 6.25. The molecule has 0 saturated carbocycles. The highest BCUT2D eigenvalue weighted by Gasteiger charge is 2.35. The largest absolute Gasteiger partial charge is 0.416 e. The Morgan fingerprint density at radius 2 is 1.83 bits per heavy atom. The van der Waals surface area contributed by atoms with E-state index in [4.69, 9.17) is 0 Å². The maximum Gasteiger partial charge on any atom is 0.416 e. The molecule has 2 unspecified atom stereocenters. The smallest absolute Gasteiger partial charge is 0.313 e. The van der Waals surface area contributed by atoms with Crippen molar-refractivity contribution in [3.63, 3.8) is 0 Å². The molecule has 4 heteroatoms. The highest BCUT2D eigenvalue weighted by Crippen LogP contribution is 2.37. The predicted octanol–water partition coefficient (Wildman–Crippen LogP) is 4.40. The summed E-state index contributed by atoms with van der Waals surface area (Å²) in [5.41, 5.74) is -0.194. The van der Waals surface area contributed by atoms with Gasteiger partial charge in [-0.25, -0.2) is 0 Å². The van der Waals surface area contributed by atoms with Crippen LogP contribution in [0.4, 0.5) is 13.2 Å². The van der Waals surface area contributed by atoms with Gasteiger partial charge in [0, 0.05) is 6.04 Å². The minimum atomic E-state index is -4.29. The van der Waals surface area contributed by atoms with Crippen molar-refractivity contribution in [2.24, 2.45) is 5.92 Å². The molecule has 1 rings (SSSR count). The molecule has 0 saturated heterocycles. The van der Waals surface area contributed by atoms with E-state index in [0.717, 1.165) is 18.9 Å². The highest BCUT2D eigenvalue weighted by atomic mass is 19.4. The topological polar surface area (TPSA) is 12.0 Å². The molecule has 1 N–H and O–H groups in total. The molecule has 0 fully saturated rings. The average Bonchev–Trinajstić information content (AvgIpc) is 2.29. The summed E-state index contributed by atoms with van der Waals surface area (Å²) >= 11 is 0. The lowest BCUT2D eigenvalue weighted by Crippen LogP contribution is -2.26. The molecule has 0 amide bonds. The zero-order valence-corrected chi connectivity index (χ0v) is 11.0. The SMILES string of the molecule is CCCC(C)C(NC)c1ccccc1C(F)(F)F. The van der Waals surface area contributed by atoms with Gasteiger partial charge in [0.1, 0.15) is 0 Å². The standard InChI is InChI=1S/C14H20F3N/c1-4-7-10(2)13(18-3)11-8-5-6-9-12(11)14(15,16)17/h5-6,8-10,13,18H,4,7H2,1-3H3. The fourth-order valence-corrected chi connectivity index (χ4v) is 2.39. The summed E-state index contributed by atoms with van der Waals surface area (Å²) in [5.74, 6) is 0.170. The monoisotopic (exact) mass is 259 g/mol. The number of alkyl halides is 3. The van der Waals surface area contributed by atoms with Gasteiger partial charge < -0.3 is 5.32 Å². The number of rotatable bonds is 5. The second kappa shape index (κ2) is 6.23. The van der Waals surface area contributed by atoms with Gasteiger partial charge in [0.2, 0.25) is 0 Å². The van der Waals surface area contributed by atoms with E-state index in [1.807, 2.05) is 13.8 Å². The van der Waals surface area contributed by atoms with Crippen LogP contribution in [0.25, 0.3) is 0 Å². The van der Waals surface area contributed by atoms with Crippen LogP contribution in [-0.2, 0) is 6.18 Å². The first-order chi connectivity index (χ1) is 8.41. The molecule has 0 spiro atoms. The molecule has 1 aromatic rings. The Labute approximate surface area is 106 Å². The van der Waals surface area contributed by atoms with Crippen molar-refractivity contribution in [2.75, 3.05) is 7.05 Å². The Morgan fingerprint density at radius 1 is 1.22 bits per heavy atom. The van der Waals surface area contributed by atoms with Gasteiger partial charge in [-0.3, -0.25) is 0 Å². The van der Waals surface area contributed by atoms with E-state index < -0.39 is 11.7 Å². The summed E-state index contributed by atoms with van der Waals surface area (Å²) < 4.78 is 38.9. The summed E-state index contributed by atoms with van der Waals surface area (Å²) in [6, 6.07) is 5.55. The van der Waals surface area contributed by atoms with Crippen molar-refractivity contribution in [3.05, 3.63) is 35.4 Å². The normalized spacial score (nSPS) is 15.4.